The first-order valence-electron chi connectivity index (χ1n) is 5.34. The fraction of sp³-hybridized carbons (Fsp3) is 0.273. The normalized spacial score (nSPS) is 11.7. The molecule has 0 spiro atoms. The van der Waals surface area contributed by atoms with Crippen molar-refractivity contribution in [3.8, 4) is 11.5 Å². The van der Waals surface area contributed by atoms with Crippen molar-refractivity contribution in [3.63, 3.8) is 0 Å². The third-order valence-corrected chi connectivity index (χ3v) is 3.49. The quantitative estimate of drug-likeness (QED) is 0.872. The fourth-order valence-electron chi connectivity index (χ4n) is 1.45. The van der Waals surface area contributed by atoms with E-state index < -0.39 is 9.84 Å². The number of nitrogens with two attached hydrogens (primary N) is 1. The molecule has 0 fully saturated rings. The van der Waals surface area contributed by atoms with E-state index in [9.17, 15) is 8.42 Å². The average molecular weight is 267 g/mol. The van der Waals surface area contributed by atoms with Crippen LogP contribution in [-0.2, 0) is 16.3 Å². The van der Waals surface area contributed by atoms with Crippen molar-refractivity contribution in [2.45, 2.75) is 11.3 Å². The molecule has 0 amide bonds. The molecule has 2 rings (SSSR count). The molecule has 0 aliphatic heterocycles. The summed E-state index contributed by atoms with van der Waals surface area (Å²) in [6.07, 6.45) is 1.71. The van der Waals surface area contributed by atoms with Crippen molar-refractivity contribution in [2.75, 3.05) is 12.8 Å². The highest BCUT2D eigenvalue weighted by atomic mass is 32.2. The van der Waals surface area contributed by atoms with Gasteiger partial charge in [-0.1, -0.05) is 5.16 Å². The maximum absolute atomic E-state index is 11.3. The van der Waals surface area contributed by atoms with Crippen LogP contribution >= 0.6 is 0 Å². The SMILES string of the molecule is CS(=O)(=O)c1ccc(-c2nc(CCN)no2)cc1. The molecule has 18 heavy (non-hydrogen) atoms. The van der Waals surface area contributed by atoms with Gasteiger partial charge in [0.2, 0.25) is 0 Å². The predicted octanol–water partition coefficient (Wildman–Crippen LogP) is 0.641. The fourth-order valence-corrected chi connectivity index (χ4v) is 2.08. The molecule has 1 aromatic carbocycles. The van der Waals surface area contributed by atoms with Crippen LogP contribution in [-0.4, -0.2) is 31.4 Å². The molecule has 0 atom stereocenters. The molecule has 0 aliphatic rings. The van der Waals surface area contributed by atoms with Gasteiger partial charge in [0, 0.05) is 18.2 Å². The highest BCUT2D eigenvalue weighted by molar-refractivity contribution is 7.90. The lowest BCUT2D eigenvalue weighted by molar-refractivity contribution is 0.422. The van der Waals surface area contributed by atoms with Gasteiger partial charge in [-0.25, -0.2) is 8.42 Å². The molecule has 1 heterocycles. The summed E-state index contributed by atoms with van der Waals surface area (Å²) in [5.74, 6) is 0.901. The van der Waals surface area contributed by atoms with Crippen LogP contribution in [0.5, 0.6) is 0 Å². The van der Waals surface area contributed by atoms with Crippen LogP contribution < -0.4 is 5.73 Å². The summed E-state index contributed by atoms with van der Waals surface area (Å²) in [5, 5.41) is 3.77. The molecule has 6 nitrogen and oxygen atoms in total. The van der Waals surface area contributed by atoms with Crippen LogP contribution in [0.4, 0.5) is 0 Å². The minimum absolute atomic E-state index is 0.257. The van der Waals surface area contributed by atoms with Gasteiger partial charge < -0.3 is 10.3 Å². The Labute approximate surface area is 105 Å². The van der Waals surface area contributed by atoms with Crippen molar-refractivity contribution >= 4 is 9.84 Å². The molecule has 0 radical (unpaired) electrons. The Balaban J connectivity index is 2.28. The molecule has 0 aliphatic carbocycles. The Hall–Kier alpha value is -1.73. The van der Waals surface area contributed by atoms with Crippen LogP contribution in [0, 0.1) is 0 Å². The number of benzene rings is 1. The molecule has 0 saturated heterocycles. The Morgan fingerprint density at radius 1 is 1.28 bits per heavy atom. The number of nitrogens with zero attached hydrogens (tertiary/aromatic N) is 2. The largest absolute Gasteiger partial charge is 0.334 e. The monoisotopic (exact) mass is 267 g/mol. The topological polar surface area (TPSA) is 99.1 Å². The van der Waals surface area contributed by atoms with Crippen LogP contribution in [0.25, 0.3) is 11.5 Å². The Kier molecular flexibility index (Phi) is 3.44. The minimum atomic E-state index is -3.19. The number of sulfone groups is 1. The molecule has 2 aromatic rings. The smallest absolute Gasteiger partial charge is 0.257 e. The van der Waals surface area contributed by atoms with E-state index in [0.717, 1.165) is 6.26 Å². The molecule has 0 saturated carbocycles. The van der Waals surface area contributed by atoms with Crippen molar-refractivity contribution in [1.29, 1.82) is 0 Å². The first kappa shape index (κ1) is 12.7. The lowest BCUT2D eigenvalue weighted by atomic mass is 10.2. The zero-order valence-corrected chi connectivity index (χ0v) is 10.6. The third kappa shape index (κ3) is 2.74. The van der Waals surface area contributed by atoms with E-state index in [1.165, 1.54) is 12.1 Å². The molecule has 96 valence electrons. The Morgan fingerprint density at radius 2 is 1.94 bits per heavy atom. The van der Waals surface area contributed by atoms with Gasteiger partial charge >= 0.3 is 0 Å². The van der Waals surface area contributed by atoms with Crippen LogP contribution in [0.15, 0.2) is 33.7 Å². The maximum atomic E-state index is 11.3. The predicted molar refractivity (Wildman–Crippen MR) is 65.6 cm³/mol. The summed E-state index contributed by atoms with van der Waals surface area (Å²) in [7, 11) is -3.19. The average Bonchev–Trinajstić information content (AvgIpc) is 2.77. The first-order valence-corrected chi connectivity index (χ1v) is 7.23. The van der Waals surface area contributed by atoms with Gasteiger partial charge in [0.05, 0.1) is 4.90 Å². The van der Waals surface area contributed by atoms with E-state index in [0.29, 0.717) is 30.2 Å². The van der Waals surface area contributed by atoms with Gasteiger partial charge in [0.15, 0.2) is 15.7 Å². The number of rotatable bonds is 4. The van der Waals surface area contributed by atoms with E-state index in [1.807, 2.05) is 0 Å². The molecule has 2 N–H and O–H groups in total. The summed E-state index contributed by atoms with van der Waals surface area (Å²) >= 11 is 0. The van der Waals surface area contributed by atoms with E-state index in [4.69, 9.17) is 10.3 Å². The zero-order chi connectivity index (χ0) is 13.2. The van der Waals surface area contributed by atoms with Gasteiger partial charge in [-0.05, 0) is 30.8 Å². The van der Waals surface area contributed by atoms with Crippen molar-refractivity contribution < 1.29 is 12.9 Å². The lowest BCUT2D eigenvalue weighted by Crippen LogP contribution is -2.03. The second-order valence-corrected chi connectivity index (χ2v) is 5.87. The van der Waals surface area contributed by atoms with Gasteiger partial charge in [-0.2, -0.15) is 4.98 Å². The number of hydrogen-bond acceptors (Lipinski definition) is 6. The molecular formula is C11H13N3O3S. The first-order chi connectivity index (χ1) is 8.50. The summed E-state index contributed by atoms with van der Waals surface area (Å²) in [5.41, 5.74) is 6.07. The zero-order valence-electron chi connectivity index (χ0n) is 9.83. The van der Waals surface area contributed by atoms with Crippen molar-refractivity contribution in [1.82, 2.24) is 10.1 Å². The van der Waals surface area contributed by atoms with E-state index in [2.05, 4.69) is 10.1 Å². The number of aromatic nitrogens is 2. The number of hydrogen-bond donors (Lipinski definition) is 1. The standard InChI is InChI=1S/C11H13N3O3S/c1-18(15,16)9-4-2-8(3-5-9)11-13-10(6-7-12)14-17-11/h2-5H,6-7,12H2,1H3. The molecule has 0 bridgehead atoms. The van der Waals surface area contributed by atoms with E-state index in [1.54, 1.807) is 12.1 Å². The Morgan fingerprint density at radius 3 is 2.50 bits per heavy atom. The summed E-state index contributed by atoms with van der Waals surface area (Å²) in [4.78, 5) is 4.41. The second-order valence-electron chi connectivity index (χ2n) is 3.85. The third-order valence-electron chi connectivity index (χ3n) is 2.37. The summed E-state index contributed by atoms with van der Waals surface area (Å²) in [6.45, 7) is 0.450. The highest BCUT2D eigenvalue weighted by Crippen LogP contribution is 2.19. The van der Waals surface area contributed by atoms with Crippen molar-refractivity contribution in [3.05, 3.63) is 30.1 Å². The van der Waals surface area contributed by atoms with E-state index in [-0.39, 0.29) is 4.90 Å². The van der Waals surface area contributed by atoms with Gasteiger partial charge in [-0.15, -0.1) is 0 Å². The molecular weight excluding hydrogens is 254 g/mol. The Bertz CT molecular complexity index is 632. The summed E-state index contributed by atoms with van der Waals surface area (Å²) in [6, 6.07) is 6.29. The summed E-state index contributed by atoms with van der Waals surface area (Å²) < 4.78 is 27.7. The lowest BCUT2D eigenvalue weighted by Gasteiger charge is -1.98. The van der Waals surface area contributed by atoms with Gasteiger partial charge in [0.1, 0.15) is 0 Å². The van der Waals surface area contributed by atoms with E-state index >= 15 is 0 Å². The van der Waals surface area contributed by atoms with Crippen LogP contribution in [0.3, 0.4) is 0 Å². The highest BCUT2D eigenvalue weighted by Gasteiger charge is 2.10. The minimum Gasteiger partial charge on any atom is -0.334 e. The van der Waals surface area contributed by atoms with Gasteiger partial charge in [0.25, 0.3) is 5.89 Å². The molecule has 7 heteroatoms. The molecule has 0 unspecified atom stereocenters. The van der Waals surface area contributed by atoms with Crippen LogP contribution in [0.2, 0.25) is 0 Å². The molecule has 1 aromatic heterocycles. The second kappa shape index (κ2) is 4.87. The van der Waals surface area contributed by atoms with Gasteiger partial charge in [-0.3, -0.25) is 0 Å². The van der Waals surface area contributed by atoms with Crippen molar-refractivity contribution in [2.24, 2.45) is 5.73 Å². The van der Waals surface area contributed by atoms with Crippen LogP contribution in [0.1, 0.15) is 5.82 Å². The maximum Gasteiger partial charge on any atom is 0.257 e.